The van der Waals surface area contributed by atoms with Crippen molar-refractivity contribution in [3.05, 3.63) is 69.8 Å². The Kier molecular flexibility index (Phi) is 4.55. The predicted molar refractivity (Wildman–Crippen MR) is 105 cm³/mol. The fourth-order valence-electron chi connectivity index (χ4n) is 3.40. The largest absolute Gasteiger partial charge is 0.313 e. The van der Waals surface area contributed by atoms with Crippen LogP contribution in [0.15, 0.2) is 48.7 Å². The van der Waals surface area contributed by atoms with Gasteiger partial charge in [0, 0.05) is 22.0 Å². The zero-order chi connectivity index (χ0) is 17.4. The molecule has 2 heterocycles. The Hall–Kier alpha value is -1.81. The molecule has 0 amide bonds. The second-order valence-corrected chi connectivity index (χ2v) is 7.23. The van der Waals surface area contributed by atoms with E-state index in [4.69, 9.17) is 23.2 Å². The van der Waals surface area contributed by atoms with Crippen molar-refractivity contribution in [2.24, 2.45) is 0 Å². The summed E-state index contributed by atoms with van der Waals surface area (Å²) < 4.78 is 2.04. The van der Waals surface area contributed by atoms with Crippen molar-refractivity contribution in [2.75, 3.05) is 13.1 Å². The van der Waals surface area contributed by atoms with Gasteiger partial charge in [0.05, 0.1) is 17.8 Å². The van der Waals surface area contributed by atoms with Crippen LogP contribution in [-0.2, 0) is 0 Å². The minimum atomic E-state index is 0.0273. The molecule has 0 saturated heterocycles. The Labute approximate surface area is 157 Å². The number of halogens is 2. The fourth-order valence-corrected chi connectivity index (χ4v) is 3.97. The second-order valence-electron chi connectivity index (χ2n) is 6.39. The van der Waals surface area contributed by atoms with Gasteiger partial charge in [0.25, 0.3) is 0 Å². The van der Waals surface area contributed by atoms with Gasteiger partial charge in [-0.15, -0.1) is 0 Å². The third-order valence-electron chi connectivity index (χ3n) is 4.81. The molecule has 1 aliphatic rings. The van der Waals surface area contributed by atoms with Crippen LogP contribution >= 0.6 is 23.2 Å². The molecule has 0 unspecified atom stereocenters. The molecule has 1 N–H and O–H groups in total. The van der Waals surface area contributed by atoms with Crippen molar-refractivity contribution in [2.45, 2.75) is 19.4 Å². The molecule has 4 rings (SSSR count). The molecule has 0 aliphatic carbocycles. The summed E-state index contributed by atoms with van der Waals surface area (Å²) in [5.74, 6) is 0. The SMILES string of the molecule is C[C@H](c1ccc(Cl)cc1Cl)n1ncc2ccc(C3=CCNCC3)cc21. The normalized spacial score (nSPS) is 16.0. The number of aromatic nitrogens is 2. The Morgan fingerprint density at radius 1 is 1.16 bits per heavy atom. The first-order chi connectivity index (χ1) is 12.1. The number of hydrogen-bond acceptors (Lipinski definition) is 2. The molecule has 0 fully saturated rings. The van der Waals surface area contributed by atoms with Crippen LogP contribution < -0.4 is 5.32 Å². The number of nitrogens with zero attached hydrogens (tertiary/aromatic N) is 2. The van der Waals surface area contributed by atoms with Crippen molar-refractivity contribution < 1.29 is 0 Å². The summed E-state index contributed by atoms with van der Waals surface area (Å²) in [7, 11) is 0. The third-order valence-corrected chi connectivity index (χ3v) is 5.38. The molecule has 3 nitrogen and oxygen atoms in total. The molecule has 1 atom stereocenters. The first-order valence-electron chi connectivity index (χ1n) is 8.46. The highest BCUT2D eigenvalue weighted by Crippen LogP contribution is 2.31. The van der Waals surface area contributed by atoms with Crippen LogP contribution in [-0.4, -0.2) is 22.9 Å². The van der Waals surface area contributed by atoms with Crippen molar-refractivity contribution in [3.63, 3.8) is 0 Å². The summed E-state index contributed by atoms with van der Waals surface area (Å²) in [6.07, 6.45) is 5.24. The monoisotopic (exact) mass is 371 g/mol. The minimum absolute atomic E-state index is 0.0273. The third kappa shape index (κ3) is 3.20. The van der Waals surface area contributed by atoms with Crippen LogP contribution in [0.25, 0.3) is 16.5 Å². The molecule has 5 heteroatoms. The predicted octanol–water partition coefficient (Wildman–Crippen LogP) is 5.33. The minimum Gasteiger partial charge on any atom is -0.313 e. The molecule has 0 spiro atoms. The van der Waals surface area contributed by atoms with Gasteiger partial charge in [-0.1, -0.05) is 47.5 Å². The summed E-state index contributed by atoms with van der Waals surface area (Å²) in [6.45, 7) is 4.07. The highest BCUT2D eigenvalue weighted by molar-refractivity contribution is 6.35. The van der Waals surface area contributed by atoms with Gasteiger partial charge in [0.1, 0.15) is 0 Å². The highest BCUT2D eigenvalue weighted by Gasteiger charge is 2.16. The lowest BCUT2D eigenvalue weighted by Crippen LogP contribution is -2.20. The fraction of sp³-hybridized carbons (Fsp3) is 0.250. The van der Waals surface area contributed by atoms with Crippen molar-refractivity contribution in [3.8, 4) is 0 Å². The van der Waals surface area contributed by atoms with Crippen LogP contribution in [0.2, 0.25) is 10.0 Å². The summed E-state index contributed by atoms with van der Waals surface area (Å²) >= 11 is 12.4. The molecular weight excluding hydrogens is 353 g/mol. The second kappa shape index (κ2) is 6.83. The van der Waals surface area contributed by atoms with Crippen molar-refractivity contribution in [1.82, 2.24) is 15.1 Å². The van der Waals surface area contributed by atoms with E-state index in [1.807, 2.05) is 23.0 Å². The summed E-state index contributed by atoms with van der Waals surface area (Å²) in [4.78, 5) is 0. The van der Waals surface area contributed by atoms with E-state index in [1.54, 1.807) is 6.07 Å². The lowest BCUT2D eigenvalue weighted by Gasteiger charge is -2.17. The summed E-state index contributed by atoms with van der Waals surface area (Å²) in [5.41, 5.74) is 4.80. The highest BCUT2D eigenvalue weighted by atomic mass is 35.5. The number of fused-ring (bicyclic) bond motifs is 1. The molecule has 2 aromatic carbocycles. The van der Waals surface area contributed by atoms with E-state index < -0.39 is 0 Å². The molecule has 128 valence electrons. The van der Waals surface area contributed by atoms with Gasteiger partial charge in [-0.3, -0.25) is 4.68 Å². The average molecular weight is 372 g/mol. The Morgan fingerprint density at radius 3 is 2.80 bits per heavy atom. The van der Waals surface area contributed by atoms with Gasteiger partial charge < -0.3 is 5.32 Å². The zero-order valence-electron chi connectivity index (χ0n) is 14.0. The topological polar surface area (TPSA) is 29.9 Å². The van der Waals surface area contributed by atoms with E-state index >= 15 is 0 Å². The van der Waals surface area contributed by atoms with Gasteiger partial charge in [0.2, 0.25) is 0 Å². The van der Waals surface area contributed by atoms with Crippen LogP contribution in [0.5, 0.6) is 0 Å². The number of benzene rings is 2. The van der Waals surface area contributed by atoms with Gasteiger partial charge in [-0.25, -0.2) is 0 Å². The van der Waals surface area contributed by atoms with Crippen LogP contribution in [0.1, 0.15) is 30.5 Å². The maximum Gasteiger partial charge on any atom is 0.0761 e. The molecule has 1 aliphatic heterocycles. The van der Waals surface area contributed by atoms with Crippen LogP contribution in [0, 0.1) is 0 Å². The van der Waals surface area contributed by atoms with E-state index in [2.05, 4.69) is 41.6 Å². The van der Waals surface area contributed by atoms with Gasteiger partial charge in [0.15, 0.2) is 0 Å². The standard InChI is InChI=1S/C20H19Cl2N3/c1-13(18-5-4-17(21)11-19(18)22)25-20-10-15(2-3-16(20)12-24-25)14-6-8-23-9-7-14/h2-6,10-13,23H,7-9H2,1H3/t13-/m1/s1. The summed E-state index contributed by atoms with van der Waals surface area (Å²) in [5, 5.41) is 10.4. The maximum absolute atomic E-state index is 6.40. The molecule has 0 bridgehead atoms. The Balaban J connectivity index is 1.77. The van der Waals surface area contributed by atoms with E-state index in [1.165, 1.54) is 11.1 Å². The Bertz CT molecular complexity index is 959. The van der Waals surface area contributed by atoms with Crippen LogP contribution in [0.3, 0.4) is 0 Å². The van der Waals surface area contributed by atoms with Crippen molar-refractivity contribution in [1.29, 1.82) is 0 Å². The molecular formula is C20H19Cl2N3. The molecule has 1 aromatic heterocycles. The number of hydrogen-bond donors (Lipinski definition) is 1. The first-order valence-corrected chi connectivity index (χ1v) is 9.21. The zero-order valence-corrected chi connectivity index (χ0v) is 15.5. The molecule has 3 aromatic rings. The first kappa shape index (κ1) is 16.6. The lowest BCUT2D eigenvalue weighted by molar-refractivity contribution is 0.584. The van der Waals surface area contributed by atoms with Gasteiger partial charge in [-0.05, 0) is 54.8 Å². The quantitative estimate of drug-likeness (QED) is 0.674. The molecule has 0 saturated carbocycles. The smallest absolute Gasteiger partial charge is 0.0761 e. The van der Waals surface area contributed by atoms with E-state index in [9.17, 15) is 0 Å². The summed E-state index contributed by atoms with van der Waals surface area (Å²) in [6, 6.07) is 12.2. The number of rotatable bonds is 3. The van der Waals surface area contributed by atoms with E-state index in [0.29, 0.717) is 10.0 Å². The number of nitrogens with one attached hydrogen (secondary N) is 1. The lowest BCUT2D eigenvalue weighted by atomic mass is 9.99. The van der Waals surface area contributed by atoms with Gasteiger partial charge in [-0.2, -0.15) is 5.10 Å². The van der Waals surface area contributed by atoms with Crippen LogP contribution in [0.4, 0.5) is 0 Å². The molecule has 0 radical (unpaired) electrons. The van der Waals surface area contributed by atoms with E-state index in [0.717, 1.165) is 36.0 Å². The van der Waals surface area contributed by atoms with E-state index in [-0.39, 0.29) is 6.04 Å². The maximum atomic E-state index is 6.40. The van der Waals surface area contributed by atoms with Crippen molar-refractivity contribution >= 4 is 39.7 Å². The molecule has 25 heavy (non-hydrogen) atoms. The average Bonchev–Trinajstić information content (AvgIpc) is 3.05. The Morgan fingerprint density at radius 2 is 2.04 bits per heavy atom. The van der Waals surface area contributed by atoms with Gasteiger partial charge >= 0.3 is 0 Å².